The molecule has 0 aliphatic carbocycles. The molecule has 0 bridgehead atoms. The number of ether oxygens (including phenoxy) is 1. The maximum absolute atomic E-state index is 12.7. The summed E-state index contributed by atoms with van der Waals surface area (Å²) in [4.78, 5) is 26.9. The fraction of sp³-hybridized carbons (Fsp3) is 0.933. The van der Waals surface area contributed by atoms with E-state index in [0.717, 1.165) is 77.4 Å². The molecule has 6 nitrogen and oxygen atoms in total. The number of rotatable bonds is 27. The van der Waals surface area contributed by atoms with E-state index in [-0.39, 0.29) is 18.5 Å². The Morgan fingerprint density at radius 3 is 1.67 bits per heavy atom. The highest BCUT2D eigenvalue weighted by Gasteiger charge is 2.24. The monoisotopic (exact) mass is 512 g/mol. The predicted octanol–water partition coefficient (Wildman–Crippen LogP) is 7.34. The van der Waals surface area contributed by atoms with Gasteiger partial charge in [0, 0.05) is 13.1 Å². The van der Waals surface area contributed by atoms with Crippen LogP contribution in [0, 0.1) is 0 Å². The average molecular weight is 513 g/mol. The Bertz CT molecular complexity index is 507. The number of carbonyl (C=O) groups excluding carboxylic acids is 1. The summed E-state index contributed by atoms with van der Waals surface area (Å²) in [6.45, 7) is 12.2. The Morgan fingerprint density at radius 2 is 1.17 bits per heavy atom. The predicted molar refractivity (Wildman–Crippen MR) is 152 cm³/mol. The zero-order chi connectivity index (χ0) is 26.9. The molecule has 0 saturated carbocycles. The van der Waals surface area contributed by atoms with Gasteiger partial charge in [-0.15, -0.1) is 0 Å². The molecule has 0 aliphatic rings. The summed E-state index contributed by atoms with van der Waals surface area (Å²) in [5.41, 5.74) is 0. The number of esters is 1. The Morgan fingerprint density at radius 1 is 0.694 bits per heavy atom. The van der Waals surface area contributed by atoms with Crippen molar-refractivity contribution in [2.75, 3.05) is 26.2 Å². The first kappa shape index (κ1) is 34.9. The van der Waals surface area contributed by atoms with Gasteiger partial charge in [0.25, 0.3) is 0 Å². The molecule has 36 heavy (non-hydrogen) atoms. The van der Waals surface area contributed by atoms with Gasteiger partial charge in [0.05, 0.1) is 6.42 Å². The molecule has 2 N–H and O–H groups in total. The second-order valence-corrected chi connectivity index (χ2v) is 10.5. The molecule has 0 spiro atoms. The van der Waals surface area contributed by atoms with Crippen molar-refractivity contribution in [3.05, 3.63) is 0 Å². The van der Waals surface area contributed by atoms with E-state index in [2.05, 4.69) is 37.9 Å². The van der Waals surface area contributed by atoms with E-state index >= 15 is 0 Å². The molecule has 0 radical (unpaired) electrons. The van der Waals surface area contributed by atoms with Gasteiger partial charge >= 0.3 is 11.9 Å². The second kappa shape index (κ2) is 25.5. The molecule has 0 rings (SSSR count). The third-order valence-electron chi connectivity index (χ3n) is 6.95. The minimum atomic E-state index is -0.979. The van der Waals surface area contributed by atoms with Gasteiger partial charge in [0.15, 0.2) is 0 Å². The maximum Gasteiger partial charge on any atom is 0.321 e. The summed E-state index contributed by atoms with van der Waals surface area (Å²) in [7, 11) is 0. The van der Waals surface area contributed by atoms with Crippen molar-refractivity contribution >= 4 is 11.9 Å². The minimum Gasteiger partial charge on any atom is -0.480 e. The van der Waals surface area contributed by atoms with E-state index < -0.39 is 12.0 Å². The van der Waals surface area contributed by atoms with Gasteiger partial charge in [0.2, 0.25) is 0 Å². The van der Waals surface area contributed by atoms with Crippen LogP contribution in [0.5, 0.6) is 0 Å². The molecule has 0 saturated heterocycles. The zero-order valence-corrected chi connectivity index (χ0v) is 24.3. The lowest BCUT2D eigenvalue weighted by Crippen LogP contribution is -2.43. The van der Waals surface area contributed by atoms with Gasteiger partial charge in [-0.1, -0.05) is 98.3 Å². The molecule has 214 valence electrons. The van der Waals surface area contributed by atoms with E-state index in [1.165, 1.54) is 51.4 Å². The van der Waals surface area contributed by atoms with E-state index in [1.807, 2.05) is 0 Å². The molecule has 0 aliphatic heterocycles. The molecule has 0 aromatic carbocycles. The summed E-state index contributed by atoms with van der Waals surface area (Å²) >= 11 is 0. The number of nitrogens with zero attached hydrogens (tertiary/aromatic N) is 1. The lowest BCUT2D eigenvalue weighted by Gasteiger charge is -2.24. The third kappa shape index (κ3) is 21.0. The van der Waals surface area contributed by atoms with Crippen LogP contribution in [-0.4, -0.2) is 60.3 Å². The topological polar surface area (TPSA) is 78.9 Å². The van der Waals surface area contributed by atoms with Crippen LogP contribution in [0.3, 0.4) is 0 Å². The highest BCUT2D eigenvalue weighted by Crippen LogP contribution is 2.17. The van der Waals surface area contributed by atoms with Crippen LogP contribution < -0.4 is 5.32 Å². The molecule has 0 aromatic rings. The molecule has 0 heterocycles. The average Bonchev–Trinajstić information content (AvgIpc) is 2.86. The number of aliphatic carboxylic acids is 1. The zero-order valence-electron chi connectivity index (χ0n) is 24.3. The van der Waals surface area contributed by atoms with Gasteiger partial charge in [-0.2, -0.15) is 0 Å². The molecule has 2 atom stereocenters. The normalized spacial score (nSPS) is 13.1. The first-order valence-corrected chi connectivity index (χ1v) is 15.4. The first-order chi connectivity index (χ1) is 17.5. The van der Waals surface area contributed by atoms with E-state index in [0.29, 0.717) is 6.54 Å². The van der Waals surface area contributed by atoms with Gasteiger partial charge in [-0.05, 0) is 51.6 Å². The molecular weight excluding hydrogens is 452 g/mol. The fourth-order valence-corrected chi connectivity index (χ4v) is 4.53. The minimum absolute atomic E-state index is 0.0852. The quantitative estimate of drug-likeness (QED) is 0.0885. The van der Waals surface area contributed by atoms with E-state index in [1.54, 1.807) is 0 Å². The number of hydrogen-bond acceptors (Lipinski definition) is 5. The third-order valence-corrected chi connectivity index (χ3v) is 6.95. The van der Waals surface area contributed by atoms with Gasteiger partial charge in [-0.25, -0.2) is 0 Å². The van der Waals surface area contributed by atoms with Crippen LogP contribution in [0.2, 0.25) is 0 Å². The SMILES string of the molecule is CCCCCCCCCC(CCCCCC)OC(=O)CC(NCCN(CCCC)CCCC)C(=O)O. The van der Waals surface area contributed by atoms with Crippen molar-refractivity contribution in [1.82, 2.24) is 10.2 Å². The van der Waals surface area contributed by atoms with Crippen LogP contribution in [0.15, 0.2) is 0 Å². The lowest BCUT2D eigenvalue weighted by atomic mass is 10.0. The Hall–Kier alpha value is -1.14. The van der Waals surface area contributed by atoms with Crippen LogP contribution in [0.25, 0.3) is 0 Å². The van der Waals surface area contributed by atoms with E-state index in [4.69, 9.17) is 4.74 Å². The van der Waals surface area contributed by atoms with Crippen molar-refractivity contribution in [1.29, 1.82) is 0 Å². The van der Waals surface area contributed by atoms with Crippen molar-refractivity contribution < 1.29 is 19.4 Å². The summed E-state index contributed by atoms with van der Waals surface area (Å²) in [5, 5.41) is 12.8. The van der Waals surface area contributed by atoms with Gasteiger partial charge < -0.3 is 20.1 Å². The smallest absolute Gasteiger partial charge is 0.321 e. The lowest BCUT2D eigenvalue weighted by molar-refractivity contribution is -0.154. The molecule has 0 amide bonds. The van der Waals surface area contributed by atoms with Crippen molar-refractivity contribution in [2.45, 2.75) is 155 Å². The van der Waals surface area contributed by atoms with Crippen LogP contribution in [0.4, 0.5) is 0 Å². The standard InChI is InChI=1S/C30H60N2O4/c1-5-9-13-15-16-17-19-21-27(20-18-14-10-6-2)36-29(33)26-28(30(34)35)31-22-25-32(23-11-7-3)24-12-8-4/h27-28,31H,5-26H2,1-4H3,(H,34,35). The number of unbranched alkanes of at least 4 members (excludes halogenated alkanes) is 11. The maximum atomic E-state index is 12.7. The Kier molecular flexibility index (Phi) is 24.7. The van der Waals surface area contributed by atoms with Crippen LogP contribution in [-0.2, 0) is 14.3 Å². The number of carboxylic acid groups (broad SMARTS) is 1. The second-order valence-electron chi connectivity index (χ2n) is 10.5. The highest BCUT2D eigenvalue weighted by atomic mass is 16.5. The summed E-state index contributed by atoms with van der Waals surface area (Å²) in [6.07, 6.45) is 19.5. The molecule has 0 aromatic heterocycles. The molecular formula is C30H60N2O4. The molecule has 2 unspecified atom stereocenters. The first-order valence-electron chi connectivity index (χ1n) is 15.4. The van der Waals surface area contributed by atoms with Crippen molar-refractivity contribution in [3.8, 4) is 0 Å². The Labute approximate surface area is 223 Å². The summed E-state index contributed by atoms with van der Waals surface area (Å²) in [6, 6.07) is -0.893. The van der Waals surface area contributed by atoms with Gasteiger partial charge in [0.1, 0.15) is 12.1 Å². The summed E-state index contributed by atoms with van der Waals surface area (Å²) < 4.78 is 5.84. The summed E-state index contributed by atoms with van der Waals surface area (Å²) in [5.74, 6) is -1.36. The molecule has 0 fully saturated rings. The molecule has 6 heteroatoms. The number of hydrogen-bond donors (Lipinski definition) is 2. The largest absolute Gasteiger partial charge is 0.480 e. The van der Waals surface area contributed by atoms with Crippen molar-refractivity contribution in [2.24, 2.45) is 0 Å². The number of carbonyl (C=O) groups is 2. The van der Waals surface area contributed by atoms with Crippen molar-refractivity contribution in [3.63, 3.8) is 0 Å². The fourth-order valence-electron chi connectivity index (χ4n) is 4.53. The Balaban J connectivity index is 4.61. The van der Waals surface area contributed by atoms with E-state index in [9.17, 15) is 14.7 Å². The number of nitrogens with one attached hydrogen (secondary N) is 1. The van der Waals surface area contributed by atoms with Gasteiger partial charge in [-0.3, -0.25) is 9.59 Å². The highest BCUT2D eigenvalue weighted by molar-refractivity contribution is 5.81. The van der Waals surface area contributed by atoms with Crippen LogP contribution >= 0.6 is 0 Å². The van der Waals surface area contributed by atoms with Crippen LogP contribution in [0.1, 0.15) is 143 Å². The number of carboxylic acids is 1.